The molecular formula is C20H34N4O3S. The molecule has 1 aromatic rings. The molecule has 0 radical (unpaired) electrons. The minimum absolute atomic E-state index is 0.229. The fourth-order valence-electron chi connectivity index (χ4n) is 3.57. The molecule has 2 rings (SSSR count). The lowest BCUT2D eigenvalue weighted by molar-refractivity contribution is 0.141. The van der Waals surface area contributed by atoms with Gasteiger partial charge in [0.2, 0.25) is 10.0 Å². The standard InChI is InChI=1S/C20H34N4O3S/c1-3-21-19(23-17-20(13-16-27-2)11-7-8-12-20)22-14-15-24-28(25,26)18-9-5-4-6-10-18/h4-6,9-10,24H,3,7-8,11-17H2,1-2H3,(H2,21,22,23). The van der Waals surface area contributed by atoms with Crippen molar-refractivity contribution in [1.82, 2.24) is 15.4 Å². The highest BCUT2D eigenvalue weighted by atomic mass is 32.2. The van der Waals surface area contributed by atoms with Crippen LogP contribution in [0.2, 0.25) is 0 Å². The van der Waals surface area contributed by atoms with Gasteiger partial charge < -0.3 is 15.4 Å². The van der Waals surface area contributed by atoms with Gasteiger partial charge in [0.05, 0.1) is 4.90 Å². The van der Waals surface area contributed by atoms with E-state index in [1.54, 1.807) is 37.4 Å². The molecular weight excluding hydrogens is 376 g/mol. The van der Waals surface area contributed by atoms with E-state index < -0.39 is 10.0 Å². The Bertz CT molecular complexity index is 701. The average molecular weight is 411 g/mol. The Labute approximate surface area is 169 Å². The Balaban J connectivity index is 1.85. The Morgan fingerprint density at radius 1 is 1.14 bits per heavy atom. The first-order valence-electron chi connectivity index (χ1n) is 10.1. The second-order valence-electron chi connectivity index (χ2n) is 7.28. The molecule has 0 spiro atoms. The number of rotatable bonds is 11. The summed E-state index contributed by atoms with van der Waals surface area (Å²) < 4.78 is 32.4. The van der Waals surface area contributed by atoms with E-state index >= 15 is 0 Å². The summed E-state index contributed by atoms with van der Waals surface area (Å²) in [6.07, 6.45) is 5.92. The summed E-state index contributed by atoms with van der Waals surface area (Å²) in [5.41, 5.74) is 0.229. The van der Waals surface area contributed by atoms with Gasteiger partial charge in [0, 0.05) is 39.9 Å². The Morgan fingerprint density at radius 3 is 2.50 bits per heavy atom. The average Bonchev–Trinajstić information content (AvgIpc) is 3.17. The largest absolute Gasteiger partial charge is 0.385 e. The van der Waals surface area contributed by atoms with E-state index in [9.17, 15) is 8.42 Å². The fourth-order valence-corrected chi connectivity index (χ4v) is 4.62. The third kappa shape index (κ3) is 7.07. The maximum atomic E-state index is 12.2. The molecule has 1 aliphatic carbocycles. The molecule has 1 aliphatic rings. The molecule has 0 heterocycles. The number of methoxy groups -OCH3 is 1. The zero-order chi connectivity index (χ0) is 20.3. The number of aliphatic imine (C=N–C) groups is 1. The number of benzene rings is 1. The number of hydrogen-bond donors (Lipinski definition) is 3. The van der Waals surface area contributed by atoms with E-state index in [2.05, 4.69) is 15.4 Å². The van der Waals surface area contributed by atoms with Crippen LogP contribution in [0, 0.1) is 5.41 Å². The number of sulfonamides is 1. The molecule has 0 amide bonds. The molecule has 0 aliphatic heterocycles. The van der Waals surface area contributed by atoms with Crippen LogP contribution in [0.5, 0.6) is 0 Å². The monoisotopic (exact) mass is 410 g/mol. The minimum Gasteiger partial charge on any atom is -0.385 e. The molecule has 28 heavy (non-hydrogen) atoms. The number of nitrogens with zero attached hydrogens (tertiary/aromatic N) is 1. The van der Waals surface area contributed by atoms with E-state index in [0.29, 0.717) is 6.54 Å². The van der Waals surface area contributed by atoms with E-state index in [1.165, 1.54) is 25.7 Å². The summed E-state index contributed by atoms with van der Waals surface area (Å²) in [6.45, 7) is 5.06. The van der Waals surface area contributed by atoms with Gasteiger partial charge in [0.25, 0.3) is 0 Å². The fraction of sp³-hybridized carbons (Fsp3) is 0.650. The zero-order valence-corrected chi connectivity index (χ0v) is 17.9. The summed E-state index contributed by atoms with van der Waals surface area (Å²) in [4.78, 5) is 5.05. The third-order valence-corrected chi connectivity index (χ3v) is 6.66. The van der Waals surface area contributed by atoms with Crippen molar-refractivity contribution in [1.29, 1.82) is 0 Å². The summed E-state index contributed by atoms with van der Waals surface area (Å²) in [7, 11) is -1.74. The van der Waals surface area contributed by atoms with Crippen LogP contribution >= 0.6 is 0 Å². The van der Waals surface area contributed by atoms with Gasteiger partial charge in [-0.05, 0) is 43.7 Å². The number of ether oxygens (including phenoxy) is 1. The van der Waals surface area contributed by atoms with Gasteiger partial charge in [-0.1, -0.05) is 31.0 Å². The molecule has 1 aromatic carbocycles. The number of hydrogen-bond acceptors (Lipinski definition) is 4. The van der Waals surface area contributed by atoms with Crippen molar-refractivity contribution in [3.8, 4) is 0 Å². The van der Waals surface area contributed by atoms with Crippen LogP contribution in [-0.2, 0) is 14.8 Å². The van der Waals surface area contributed by atoms with Gasteiger partial charge in [-0.15, -0.1) is 0 Å². The molecule has 0 saturated heterocycles. The van der Waals surface area contributed by atoms with Crippen LogP contribution in [0.1, 0.15) is 39.0 Å². The predicted molar refractivity (Wildman–Crippen MR) is 113 cm³/mol. The molecule has 7 nitrogen and oxygen atoms in total. The van der Waals surface area contributed by atoms with Crippen LogP contribution in [0.25, 0.3) is 0 Å². The summed E-state index contributed by atoms with van der Waals surface area (Å²) in [5.74, 6) is 0.727. The maximum Gasteiger partial charge on any atom is 0.240 e. The first-order chi connectivity index (χ1) is 13.5. The highest BCUT2D eigenvalue weighted by Crippen LogP contribution is 2.41. The van der Waals surface area contributed by atoms with Gasteiger partial charge in [-0.2, -0.15) is 0 Å². The van der Waals surface area contributed by atoms with Crippen LogP contribution < -0.4 is 15.4 Å². The first kappa shape index (κ1) is 22.6. The molecule has 1 saturated carbocycles. The van der Waals surface area contributed by atoms with Gasteiger partial charge >= 0.3 is 0 Å². The third-order valence-electron chi connectivity index (χ3n) is 5.18. The predicted octanol–water partition coefficient (Wildman–Crippen LogP) is 2.12. The molecule has 0 unspecified atom stereocenters. The van der Waals surface area contributed by atoms with Gasteiger partial charge in [-0.25, -0.2) is 13.1 Å². The quantitative estimate of drug-likeness (QED) is 0.295. The van der Waals surface area contributed by atoms with E-state index in [1.807, 2.05) is 6.92 Å². The Kier molecular flexibility index (Phi) is 9.21. The molecule has 158 valence electrons. The zero-order valence-electron chi connectivity index (χ0n) is 17.0. The smallest absolute Gasteiger partial charge is 0.240 e. The minimum atomic E-state index is -3.48. The van der Waals surface area contributed by atoms with Crippen molar-refractivity contribution < 1.29 is 13.2 Å². The lowest BCUT2D eigenvalue weighted by Crippen LogP contribution is -2.42. The highest BCUT2D eigenvalue weighted by Gasteiger charge is 2.33. The normalized spacial score (nSPS) is 16.9. The lowest BCUT2D eigenvalue weighted by atomic mass is 9.83. The van der Waals surface area contributed by atoms with Crippen molar-refractivity contribution in [3.05, 3.63) is 30.3 Å². The van der Waals surface area contributed by atoms with Crippen LogP contribution in [0.3, 0.4) is 0 Å². The second-order valence-corrected chi connectivity index (χ2v) is 9.05. The van der Waals surface area contributed by atoms with Crippen LogP contribution in [-0.4, -0.2) is 54.3 Å². The first-order valence-corrected chi connectivity index (χ1v) is 11.6. The summed E-state index contributed by atoms with van der Waals surface area (Å²) in [6, 6.07) is 8.39. The van der Waals surface area contributed by atoms with E-state index in [0.717, 1.165) is 32.1 Å². The van der Waals surface area contributed by atoms with E-state index in [-0.39, 0.29) is 16.9 Å². The molecule has 0 aromatic heterocycles. The maximum absolute atomic E-state index is 12.2. The molecule has 1 fully saturated rings. The molecule has 3 N–H and O–H groups in total. The van der Waals surface area contributed by atoms with Crippen molar-refractivity contribution in [3.63, 3.8) is 0 Å². The lowest BCUT2D eigenvalue weighted by Gasteiger charge is -2.27. The topological polar surface area (TPSA) is 91.8 Å². The Morgan fingerprint density at radius 2 is 1.86 bits per heavy atom. The summed E-state index contributed by atoms with van der Waals surface area (Å²) in [5, 5.41) is 6.46. The molecule has 0 atom stereocenters. The van der Waals surface area contributed by atoms with Gasteiger partial charge in [0.1, 0.15) is 0 Å². The highest BCUT2D eigenvalue weighted by molar-refractivity contribution is 7.89. The van der Waals surface area contributed by atoms with Crippen LogP contribution in [0.15, 0.2) is 40.2 Å². The van der Waals surface area contributed by atoms with Crippen molar-refractivity contribution in [2.75, 3.05) is 39.9 Å². The number of guanidine groups is 1. The Hall–Kier alpha value is -1.64. The van der Waals surface area contributed by atoms with Crippen molar-refractivity contribution in [2.45, 2.75) is 43.9 Å². The molecule has 8 heteroatoms. The van der Waals surface area contributed by atoms with Crippen molar-refractivity contribution >= 4 is 16.0 Å². The van der Waals surface area contributed by atoms with Gasteiger partial charge in [-0.3, -0.25) is 4.99 Å². The second kappa shape index (κ2) is 11.4. The van der Waals surface area contributed by atoms with Gasteiger partial charge in [0.15, 0.2) is 5.96 Å². The van der Waals surface area contributed by atoms with Crippen molar-refractivity contribution in [2.24, 2.45) is 10.4 Å². The van der Waals surface area contributed by atoms with Crippen LogP contribution in [0.4, 0.5) is 0 Å². The molecule has 0 bridgehead atoms. The summed E-state index contributed by atoms with van der Waals surface area (Å²) >= 11 is 0. The van der Waals surface area contributed by atoms with E-state index in [4.69, 9.17) is 9.73 Å². The number of nitrogens with one attached hydrogen (secondary N) is 3. The SMILES string of the molecule is CCNC(=NCC1(CCOC)CCCC1)NCCNS(=O)(=O)c1ccccc1.